The maximum atomic E-state index is 5.23. The first-order valence-electron chi connectivity index (χ1n) is 17.0. The number of nitrogens with zero attached hydrogens (tertiary/aromatic N) is 2. The molecule has 0 aliphatic heterocycles. The van der Waals surface area contributed by atoms with Gasteiger partial charge in [-0.1, -0.05) is 105 Å². The molecule has 0 heterocycles. The van der Waals surface area contributed by atoms with Crippen LogP contribution in [-0.4, -0.2) is 23.5 Å². The van der Waals surface area contributed by atoms with Crippen LogP contribution >= 0.6 is 0 Å². The van der Waals surface area contributed by atoms with Crippen LogP contribution in [0.5, 0.6) is 0 Å². The largest absolute Gasteiger partial charge is 0.359 e. The van der Waals surface area contributed by atoms with Gasteiger partial charge in [0, 0.05) is 34.2 Å². The van der Waals surface area contributed by atoms with Crippen LogP contribution in [0.15, 0.2) is 69.9 Å². The zero-order chi connectivity index (χ0) is 32.6. The van der Waals surface area contributed by atoms with Crippen molar-refractivity contribution in [3.63, 3.8) is 0 Å². The van der Waals surface area contributed by atoms with E-state index in [9.17, 15) is 0 Å². The second-order valence-electron chi connectivity index (χ2n) is 14.1. The van der Waals surface area contributed by atoms with E-state index in [2.05, 4.69) is 142 Å². The molecule has 4 nitrogen and oxygen atoms in total. The minimum Gasteiger partial charge on any atom is -0.359 e. The Kier molecular flexibility index (Phi) is 13.1. The molecule has 2 aromatic carbocycles. The maximum absolute atomic E-state index is 5.23. The van der Waals surface area contributed by atoms with Gasteiger partial charge in [-0.25, -0.2) is 0 Å². The molecule has 0 saturated heterocycles. The van der Waals surface area contributed by atoms with Gasteiger partial charge >= 0.3 is 0 Å². The molecule has 0 unspecified atom stereocenters. The first-order chi connectivity index (χ1) is 20.8. The number of nitrogens with one attached hydrogen (secondary N) is 2. The fourth-order valence-corrected chi connectivity index (χ4v) is 6.47. The van der Waals surface area contributed by atoms with Gasteiger partial charge in [0.05, 0.1) is 12.1 Å². The Hall–Kier alpha value is -3.14. The first-order valence-corrected chi connectivity index (χ1v) is 17.0. The number of hydrogen-bond donors (Lipinski definition) is 2. The molecule has 3 rings (SSSR count). The Balaban J connectivity index is 1.81. The van der Waals surface area contributed by atoms with Gasteiger partial charge in [0.25, 0.3) is 0 Å². The summed E-state index contributed by atoms with van der Waals surface area (Å²) in [4.78, 5) is 10.5. The van der Waals surface area contributed by atoms with Crippen LogP contribution in [-0.2, 0) is 0 Å². The second-order valence-corrected chi connectivity index (χ2v) is 14.1. The highest BCUT2D eigenvalue weighted by atomic mass is 14.9. The van der Waals surface area contributed by atoms with Gasteiger partial charge in [-0.15, -0.1) is 0 Å². The van der Waals surface area contributed by atoms with Crippen LogP contribution in [0, 0.1) is 0 Å². The third kappa shape index (κ3) is 9.68. The van der Waals surface area contributed by atoms with Gasteiger partial charge in [-0.3, -0.25) is 9.98 Å². The molecule has 0 aromatic heterocycles. The summed E-state index contributed by atoms with van der Waals surface area (Å²) in [7, 11) is 0. The normalized spacial score (nSPS) is 19.0. The number of aliphatic imine (C=N–C) groups is 2. The Morgan fingerprint density at radius 3 is 1.14 bits per heavy atom. The van der Waals surface area contributed by atoms with Crippen LogP contribution in [0.3, 0.4) is 0 Å². The maximum Gasteiger partial charge on any atom is 0.0726 e. The molecule has 0 amide bonds. The van der Waals surface area contributed by atoms with Gasteiger partial charge in [-0.2, -0.15) is 0 Å². The molecule has 1 aliphatic rings. The average Bonchev–Trinajstić information content (AvgIpc) is 2.93. The summed E-state index contributed by atoms with van der Waals surface area (Å²) in [6.07, 6.45) is 9.02. The second kappa shape index (κ2) is 16.3. The Morgan fingerprint density at radius 2 is 0.864 bits per heavy atom. The highest BCUT2D eigenvalue weighted by Gasteiger charge is 2.24. The molecule has 44 heavy (non-hydrogen) atoms. The van der Waals surface area contributed by atoms with E-state index in [0.29, 0.717) is 23.7 Å². The molecule has 0 radical (unpaired) electrons. The van der Waals surface area contributed by atoms with E-state index in [-0.39, 0.29) is 12.1 Å². The number of para-hydroxylation sites is 2. The summed E-state index contributed by atoms with van der Waals surface area (Å²) in [5.41, 5.74) is 12.3. The Labute approximate surface area is 269 Å². The molecular formula is C40H60N4. The van der Waals surface area contributed by atoms with Crippen molar-refractivity contribution in [1.29, 1.82) is 0 Å². The summed E-state index contributed by atoms with van der Waals surface area (Å²) >= 11 is 0. The van der Waals surface area contributed by atoms with Gasteiger partial charge < -0.3 is 10.6 Å². The molecule has 1 aliphatic carbocycles. The quantitative estimate of drug-likeness (QED) is 0.239. The third-order valence-electron chi connectivity index (χ3n) is 8.67. The lowest BCUT2D eigenvalue weighted by atomic mass is 9.90. The fraction of sp³-hybridized carbons (Fsp3) is 0.550. The van der Waals surface area contributed by atoms with Crippen molar-refractivity contribution >= 4 is 22.8 Å². The number of allylic oxidation sites excluding steroid dienone is 4. The van der Waals surface area contributed by atoms with E-state index >= 15 is 0 Å². The van der Waals surface area contributed by atoms with E-state index in [0.717, 1.165) is 35.7 Å². The Bertz CT molecular complexity index is 1210. The van der Waals surface area contributed by atoms with Crippen LogP contribution in [0.4, 0.5) is 11.4 Å². The minimum atomic E-state index is 0.216. The van der Waals surface area contributed by atoms with E-state index in [1.165, 1.54) is 46.5 Å². The minimum absolute atomic E-state index is 0.216. The van der Waals surface area contributed by atoms with E-state index in [1.807, 2.05) is 0 Å². The number of benzene rings is 2. The summed E-state index contributed by atoms with van der Waals surface area (Å²) in [5.74, 6) is 1.83. The SMILES string of the molecule is CC(/C=C(/C)Nc1c(C(C)C)cccc1C(C)C)=N[C@H]1CCCC[C@@H]1N=C(C)/C=C(/C)Nc1c(C(C)C)cccc1C(C)C. The van der Waals surface area contributed by atoms with Crippen LogP contribution in [0.1, 0.15) is 155 Å². The lowest BCUT2D eigenvalue weighted by Crippen LogP contribution is -2.28. The predicted molar refractivity (Wildman–Crippen MR) is 196 cm³/mol. The molecule has 2 atom stereocenters. The van der Waals surface area contributed by atoms with Crippen molar-refractivity contribution in [2.24, 2.45) is 9.98 Å². The van der Waals surface area contributed by atoms with Crippen LogP contribution in [0.25, 0.3) is 0 Å². The number of anilines is 2. The van der Waals surface area contributed by atoms with Crippen molar-refractivity contribution in [2.45, 2.75) is 145 Å². The molecule has 0 spiro atoms. The smallest absolute Gasteiger partial charge is 0.0726 e. The van der Waals surface area contributed by atoms with E-state index < -0.39 is 0 Å². The molecular weight excluding hydrogens is 536 g/mol. The van der Waals surface area contributed by atoms with Crippen LogP contribution in [0.2, 0.25) is 0 Å². The third-order valence-corrected chi connectivity index (χ3v) is 8.67. The highest BCUT2D eigenvalue weighted by Crippen LogP contribution is 2.34. The lowest BCUT2D eigenvalue weighted by molar-refractivity contribution is 0.388. The number of hydrogen-bond acceptors (Lipinski definition) is 4. The lowest BCUT2D eigenvalue weighted by Gasteiger charge is -2.27. The Morgan fingerprint density at radius 1 is 0.568 bits per heavy atom. The van der Waals surface area contributed by atoms with Crippen molar-refractivity contribution in [2.75, 3.05) is 10.6 Å². The summed E-state index contributed by atoms with van der Waals surface area (Å²) < 4.78 is 0. The topological polar surface area (TPSA) is 48.8 Å². The monoisotopic (exact) mass is 596 g/mol. The highest BCUT2D eigenvalue weighted by molar-refractivity contribution is 5.95. The predicted octanol–water partition coefficient (Wildman–Crippen LogP) is 11.7. The zero-order valence-corrected chi connectivity index (χ0v) is 29.8. The van der Waals surface area contributed by atoms with Gasteiger partial charge in [0.1, 0.15) is 0 Å². The van der Waals surface area contributed by atoms with Gasteiger partial charge in [0.15, 0.2) is 0 Å². The molecule has 1 saturated carbocycles. The summed E-state index contributed by atoms with van der Waals surface area (Å²) in [6.45, 7) is 26.7. The standard InChI is InChI=1S/C40H60N4/c1-25(2)33-17-15-18-34(26(3)4)39(33)43-31(11)23-29(9)41-37-21-13-14-22-38(37)42-30(10)24-32(12)44-40-35(27(5)6)19-16-20-36(40)28(7)8/h15-20,23-28,37-38,43-44H,13-14,21-22H2,1-12H3/b31-23-,32-24-,41-29?,42-30?/t37-,38-/m0/s1. The molecule has 1 fully saturated rings. The van der Waals surface area contributed by atoms with Gasteiger partial charge in [0.2, 0.25) is 0 Å². The average molecular weight is 597 g/mol. The first kappa shape index (κ1) is 35.3. The van der Waals surface area contributed by atoms with E-state index in [4.69, 9.17) is 9.98 Å². The molecule has 2 N–H and O–H groups in total. The van der Waals surface area contributed by atoms with Crippen molar-refractivity contribution in [3.8, 4) is 0 Å². The fourth-order valence-electron chi connectivity index (χ4n) is 6.47. The molecule has 240 valence electrons. The van der Waals surface area contributed by atoms with Gasteiger partial charge in [-0.05, 0) is 98.6 Å². The van der Waals surface area contributed by atoms with Crippen molar-refractivity contribution in [3.05, 3.63) is 82.2 Å². The van der Waals surface area contributed by atoms with E-state index in [1.54, 1.807) is 0 Å². The van der Waals surface area contributed by atoms with Crippen LogP contribution < -0.4 is 10.6 Å². The zero-order valence-electron chi connectivity index (χ0n) is 29.8. The summed E-state index contributed by atoms with van der Waals surface area (Å²) in [6, 6.07) is 13.8. The number of rotatable bonds is 12. The molecule has 0 bridgehead atoms. The molecule has 2 aromatic rings. The molecule has 4 heteroatoms. The summed E-state index contributed by atoms with van der Waals surface area (Å²) in [5, 5.41) is 7.51. The van der Waals surface area contributed by atoms with Crippen molar-refractivity contribution in [1.82, 2.24) is 0 Å². The van der Waals surface area contributed by atoms with Crippen molar-refractivity contribution < 1.29 is 0 Å².